The summed E-state index contributed by atoms with van der Waals surface area (Å²) in [7, 11) is 0. The molecule has 2 aromatic carbocycles. The molecule has 0 unspecified atom stereocenters. The molecule has 0 aliphatic carbocycles. The van der Waals surface area contributed by atoms with Gasteiger partial charge in [0.05, 0.1) is 5.39 Å². The number of nitrogens with one attached hydrogen (secondary N) is 1. The van der Waals surface area contributed by atoms with Crippen LogP contribution in [0, 0.1) is 6.92 Å². The maximum absolute atomic E-state index is 12.9. The van der Waals surface area contributed by atoms with Crippen molar-refractivity contribution in [1.29, 1.82) is 0 Å². The van der Waals surface area contributed by atoms with Crippen LogP contribution in [0.2, 0.25) is 0 Å². The van der Waals surface area contributed by atoms with Crippen molar-refractivity contribution in [2.75, 3.05) is 11.9 Å². The van der Waals surface area contributed by atoms with Crippen LogP contribution in [-0.4, -0.2) is 28.3 Å². The van der Waals surface area contributed by atoms with Gasteiger partial charge in [0.1, 0.15) is 0 Å². The van der Waals surface area contributed by atoms with Gasteiger partial charge in [0.25, 0.3) is 11.5 Å². The second-order valence-electron chi connectivity index (χ2n) is 8.07. The topological polar surface area (TPSA) is 90.3 Å². The molecule has 1 heterocycles. The van der Waals surface area contributed by atoms with E-state index in [1.165, 1.54) is 4.68 Å². The maximum atomic E-state index is 12.9. The van der Waals surface area contributed by atoms with Crippen LogP contribution in [0.25, 0.3) is 10.8 Å². The molecule has 7 heteroatoms. The number of rotatable bonds is 10. The normalized spacial score (nSPS) is 10.9. The number of nitrogens with zero attached hydrogens (tertiary/aromatic N) is 2. The Morgan fingerprint density at radius 1 is 1.00 bits per heavy atom. The molecule has 0 saturated carbocycles. The SMILES string of the molecule is CCCCCCn1nc(C(=O)OCC(=O)Nc2c(C)cccc2CC)c2ccccc2c1=O. The van der Waals surface area contributed by atoms with Gasteiger partial charge in [0.2, 0.25) is 0 Å². The zero-order valence-electron chi connectivity index (χ0n) is 19.5. The van der Waals surface area contributed by atoms with Crippen LogP contribution >= 0.6 is 0 Å². The average molecular weight is 450 g/mol. The summed E-state index contributed by atoms with van der Waals surface area (Å²) in [5.41, 5.74) is 2.50. The van der Waals surface area contributed by atoms with Gasteiger partial charge in [-0.15, -0.1) is 0 Å². The fraction of sp³-hybridized carbons (Fsp3) is 0.385. The molecule has 0 aliphatic rings. The first-order valence-corrected chi connectivity index (χ1v) is 11.5. The molecule has 0 bridgehead atoms. The van der Waals surface area contributed by atoms with Crippen LogP contribution in [0.3, 0.4) is 0 Å². The zero-order valence-corrected chi connectivity index (χ0v) is 19.5. The van der Waals surface area contributed by atoms with Gasteiger partial charge in [-0.3, -0.25) is 9.59 Å². The summed E-state index contributed by atoms with van der Waals surface area (Å²) in [5, 5.41) is 7.97. The molecule has 0 radical (unpaired) electrons. The van der Waals surface area contributed by atoms with Gasteiger partial charge < -0.3 is 10.1 Å². The highest BCUT2D eigenvalue weighted by Gasteiger charge is 2.19. The lowest BCUT2D eigenvalue weighted by molar-refractivity contribution is -0.119. The third-order valence-corrected chi connectivity index (χ3v) is 5.62. The maximum Gasteiger partial charge on any atom is 0.359 e. The monoisotopic (exact) mass is 449 g/mol. The first kappa shape index (κ1) is 24.2. The lowest BCUT2D eigenvalue weighted by Gasteiger charge is -2.13. The van der Waals surface area contributed by atoms with E-state index in [1.807, 2.05) is 32.0 Å². The largest absolute Gasteiger partial charge is 0.451 e. The Labute approximate surface area is 193 Å². The molecule has 7 nitrogen and oxygen atoms in total. The molecule has 3 aromatic rings. The number of esters is 1. The minimum Gasteiger partial charge on any atom is -0.451 e. The van der Waals surface area contributed by atoms with E-state index in [0.717, 1.165) is 48.9 Å². The number of hydrogen-bond acceptors (Lipinski definition) is 5. The standard InChI is InChI=1S/C26H31N3O4/c1-4-6-7-10-16-29-25(31)21-15-9-8-14-20(21)24(28-29)26(32)33-17-22(30)27-23-18(3)12-11-13-19(23)5-2/h8-9,11-15H,4-7,10,16-17H2,1-3H3,(H,27,30). The van der Waals surface area contributed by atoms with Crippen LogP contribution < -0.4 is 10.9 Å². The van der Waals surface area contributed by atoms with E-state index in [4.69, 9.17) is 4.74 Å². The van der Waals surface area contributed by atoms with E-state index < -0.39 is 18.5 Å². The lowest BCUT2D eigenvalue weighted by atomic mass is 10.1. The van der Waals surface area contributed by atoms with Crippen molar-refractivity contribution in [3.63, 3.8) is 0 Å². The minimum absolute atomic E-state index is 0.0404. The highest BCUT2D eigenvalue weighted by Crippen LogP contribution is 2.21. The van der Waals surface area contributed by atoms with Crippen molar-refractivity contribution < 1.29 is 14.3 Å². The number of unbranched alkanes of at least 4 members (excludes halogenated alkanes) is 3. The number of hydrogen-bond donors (Lipinski definition) is 1. The molecule has 33 heavy (non-hydrogen) atoms. The van der Waals surface area contributed by atoms with Gasteiger partial charge in [0.15, 0.2) is 12.3 Å². The number of aryl methyl sites for hydroxylation is 3. The molecule has 1 aromatic heterocycles. The Kier molecular flexibility index (Phi) is 8.35. The first-order valence-electron chi connectivity index (χ1n) is 11.5. The van der Waals surface area contributed by atoms with Gasteiger partial charge >= 0.3 is 5.97 Å². The van der Waals surface area contributed by atoms with Crippen LogP contribution in [0.5, 0.6) is 0 Å². The second-order valence-corrected chi connectivity index (χ2v) is 8.07. The molecule has 3 rings (SSSR count). The highest BCUT2D eigenvalue weighted by molar-refractivity contribution is 6.03. The Balaban J connectivity index is 1.77. The summed E-state index contributed by atoms with van der Waals surface area (Å²) in [6, 6.07) is 12.6. The highest BCUT2D eigenvalue weighted by atomic mass is 16.5. The Morgan fingerprint density at radius 3 is 2.48 bits per heavy atom. The first-order chi connectivity index (χ1) is 16.0. The van der Waals surface area contributed by atoms with Crippen molar-refractivity contribution in [3.05, 3.63) is 69.6 Å². The third-order valence-electron chi connectivity index (χ3n) is 5.62. The van der Waals surface area contributed by atoms with Gasteiger partial charge in [-0.25, -0.2) is 9.48 Å². The van der Waals surface area contributed by atoms with Crippen molar-refractivity contribution in [2.45, 2.75) is 59.4 Å². The molecule has 0 saturated heterocycles. The number of para-hydroxylation sites is 1. The number of benzene rings is 2. The average Bonchev–Trinajstić information content (AvgIpc) is 2.83. The van der Waals surface area contributed by atoms with E-state index in [0.29, 0.717) is 17.3 Å². The number of amides is 1. The predicted molar refractivity (Wildman–Crippen MR) is 130 cm³/mol. The van der Waals surface area contributed by atoms with Gasteiger partial charge in [0, 0.05) is 17.6 Å². The number of carbonyl (C=O) groups excluding carboxylic acids is 2. The van der Waals surface area contributed by atoms with Crippen LogP contribution in [0.4, 0.5) is 5.69 Å². The Hall–Kier alpha value is -3.48. The quantitative estimate of drug-likeness (QED) is 0.360. The molecule has 0 atom stereocenters. The summed E-state index contributed by atoms with van der Waals surface area (Å²) < 4.78 is 6.62. The molecule has 1 amide bonds. The number of anilines is 1. The van der Waals surface area contributed by atoms with Crippen molar-refractivity contribution in [3.8, 4) is 0 Å². The fourth-order valence-electron chi connectivity index (χ4n) is 3.80. The number of carbonyl (C=O) groups is 2. The fourth-order valence-corrected chi connectivity index (χ4v) is 3.80. The zero-order chi connectivity index (χ0) is 23.8. The molecule has 0 fully saturated rings. The lowest BCUT2D eigenvalue weighted by Crippen LogP contribution is -2.28. The molecule has 1 N–H and O–H groups in total. The molecule has 174 valence electrons. The predicted octanol–water partition coefficient (Wildman–Crippen LogP) is 4.64. The van der Waals surface area contributed by atoms with E-state index in [9.17, 15) is 14.4 Å². The third kappa shape index (κ3) is 5.86. The Morgan fingerprint density at radius 2 is 1.76 bits per heavy atom. The summed E-state index contributed by atoms with van der Waals surface area (Å²) in [4.78, 5) is 38.2. The van der Waals surface area contributed by atoms with Crippen LogP contribution in [0.1, 0.15) is 61.1 Å². The van der Waals surface area contributed by atoms with Crippen molar-refractivity contribution >= 4 is 28.3 Å². The van der Waals surface area contributed by atoms with E-state index in [-0.39, 0.29) is 11.3 Å². The molecular formula is C26H31N3O4. The van der Waals surface area contributed by atoms with Gasteiger partial charge in [-0.05, 0) is 37.0 Å². The van der Waals surface area contributed by atoms with E-state index >= 15 is 0 Å². The van der Waals surface area contributed by atoms with E-state index in [1.54, 1.807) is 24.3 Å². The van der Waals surface area contributed by atoms with Crippen molar-refractivity contribution in [1.82, 2.24) is 9.78 Å². The minimum atomic E-state index is -0.732. The number of aromatic nitrogens is 2. The van der Waals surface area contributed by atoms with Crippen LogP contribution in [0.15, 0.2) is 47.3 Å². The second kappa shape index (κ2) is 11.4. The molecular weight excluding hydrogens is 418 g/mol. The number of ether oxygens (including phenoxy) is 1. The van der Waals surface area contributed by atoms with Crippen molar-refractivity contribution in [2.24, 2.45) is 0 Å². The summed E-state index contributed by atoms with van der Waals surface area (Å²) in [6.45, 7) is 6.03. The summed E-state index contributed by atoms with van der Waals surface area (Å²) in [6.07, 6.45) is 4.71. The molecule has 0 spiro atoms. The summed E-state index contributed by atoms with van der Waals surface area (Å²) in [5.74, 6) is -1.16. The number of fused-ring (bicyclic) bond motifs is 1. The van der Waals surface area contributed by atoms with Gasteiger partial charge in [-0.2, -0.15) is 5.10 Å². The smallest absolute Gasteiger partial charge is 0.359 e. The van der Waals surface area contributed by atoms with E-state index in [2.05, 4.69) is 17.3 Å². The Bertz CT molecular complexity index is 1200. The molecule has 0 aliphatic heterocycles. The van der Waals surface area contributed by atoms with Crippen LogP contribution in [-0.2, 0) is 22.5 Å². The van der Waals surface area contributed by atoms with Gasteiger partial charge in [-0.1, -0.05) is 69.5 Å². The summed E-state index contributed by atoms with van der Waals surface area (Å²) >= 11 is 0.